The predicted molar refractivity (Wildman–Crippen MR) is 97.8 cm³/mol. The zero-order chi connectivity index (χ0) is 18.9. The van der Waals surface area contributed by atoms with Crippen molar-refractivity contribution in [2.45, 2.75) is 31.8 Å². The maximum Gasteiger partial charge on any atom is 0.266 e. The standard InChI is InChI=1S/C20H19ClFNO3/c1-13-2-5-17(6-3-13)23-9-8-20(26,19(23)25)18(24)7-4-14-10-15(21)12-16(22)11-14/h2-3,5-6,10-12,26H,4,7-9H2,1H3/t20-/m0/s1. The fourth-order valence-electron chi connectivity index (χ4n) is 3.16. The maximum atomic E-state index is 13.4. The molecule has 6 heteroatoms. The van der Waals surface area contributed by atoms with Crippen LogP contribution in [0.1, 0.15) is 24.0 Å². The van der Waals surface area contributed by atoms with Crippen molar-refractivity contribution in [3.8, 4) is 0 Å². The van der Waals surface area contributed by atoms with Gasteiger partial charge in [0.15, 0.2) is 5.78 Å². The third-order valence-electron chi connectivity index (χ3n) is 4.67. The minimum absolute atomic E-state index is 0.0441. The van der Waals surface area contributed by atoms with E-state index in [0.29, 0.717) is 11.3 Å². The number of carbonyl (C=O) groups excluding carboxylic acids is 2. The van der Waals surface area contributed by atoms with E-state index in [2.05, 4.69) is 0 Å². The summed E-state index contributed by atoms with van der Waals surface area (Å²) in [5, 5.41) is 10.9. The van der Waals surface area contributed by atoms with Gasteiger partial charge in [0.1, 0.15) is 5.82 Å². The molecule has 0 aromatic heterocycles. The van der Waals surface area contributed by atoms with E-state index < -0.39 is 23.1 Å². The molecule has 1 amide bonds. The van der Waals surface area contributed by atoms with Gasteiger partial charge in [0.2, 0.25) is 5.60 Å². The van der Waals surface area contributed by atoms with E-state index in [1.165, 1.54) is 17.0 Å². The van der Waals surface area contributed by atoms with Crippen LogP contribution < -0.4 is 4.90 Å². The number of hydrogen-bond acceptors (Lipinski definition) is 3. The van der Waals surface area contributed by atoms with Gasteiger partial charge in [0.05, 0.1) is 0 Å². The van der Waals surface area contributed by atoms with Crippen molar-refractivity contribution in [3.05, 3.63) is 64.4 Å². The summed E-state index contributed by atoms with van der Waals surface area (Å²) in [6.45, 7) is 2.21. The molecule has 4 nitrogen and oxygen atoms in total. The van der Waals surface area contributed by atoms with Crippen LogP contribution in [0.3, 0.4) is 0 Å². The van der Waals surface area contributed by atoms with Crippen molar-refractivity contribution >= 4 is 29.0 Å². The van der Waals surface area contributed by atoms with Crippen LogP contribution >= 0.6 is 11.6 Å². The number of Topliss-reactive ketones (excluding diaryl/α,β-unsaturated/α-hetero) is 1. The largest absolute Gasteiger partial charge is 0.373 e. The highest BCUT2D eigenvalue weighted by molar-refractivity contribution is 6.30. The van der Waals surface area contributed by atoms with E-state index in [0.717, 1.165) is 5.56 Å². The van der Waals surface area contributed by atoms with E-state index in [-0.39, 0.29) is 30.8 Å². The number of aryl methyl sites for hydroxylation is 2. The van der Waals surface area contributed by atoms with Gasteiger partial charge in [0, 0.05) is 30.1 Å². The van der Waals surface area contributed by atoms with Gasteiger partial charge in [-0.05, 0) is 49.2 Å². The van der Waals surface area contributed by atoms with E-state index in [1.54, 1.807) is 18.2 Å². The molecule has 0 aliphatic carbocycles. The van der Waals surface area contributed by atoms with E-state index in [4.69, 9.17) is 11.6 Å². The van der Waals surface area contributed by atoms with Crippen LogP contribution in [0.4, 0.5) is 10.1 Å². The monoisotopic (exact) mass is 375 g/mol. The first-order valence-electron chi connectivity index (χ1n) is 8.39. The Labute approximate surface area is 156 Å². The Bertz CT molecular complexity index is 832. The summed E-state index contributed by atoms with van der Waals surface area (Å²) < 4.78 is 13.4. The number of nitrogens with zero attached hydrogens (tertiary/aromatic N) is 1. The van der Waals surface area contributed by atoms with E-state index in [1.807, 2.05) is 19.1 Å². The smallest absolute Gasteiger partial charge is 0.266 e. The Morgan fingerprint density at radius 3 is 2.62 bits per heavy atom. The molecule has 1 N–H and O–H groups in total. The first kappa shape index (κ1) is 18.5. The molecule has 1 aliphatic rings. The fourth-order valence-corrected chi connectivity index (χ4v) is 3.40. The maximum absolute atomic E-state index is 13.4. The van der Waals surface area contributed by atoms with Crippen LogP contribution in [0, 0.1) is 12.7 Å². The molecule has 0 unspecified atom stereocenters. The molecule has 26 heavy (non-hydrogen) atoms. The number of hydrogen-bond donors (Lipinski definition) is 1. The van der Waals surface area contributed by atoms with Crippen LogP contribution in [-0.4, -0.2) is 28.9 Å². The molecule has 0 saturated carbocycles. The van der Waals surface area contributed by atoms with Gasteiger partial charge in [0.25, 0.3) is 5.91 Å². The van der Waals surface area contributed by atoms with Crippen LogP contribution in [0.15, 0.2) is 42.5 Å². The lowest BCUT2D eigenvalue weighted by atomic mass is 9.92. The fraction of sp³-hybridized carbons (Fsp3) is 0.300. The first-order valence-corrected chi connectivity index (χ1v) is 8.77. The highest BCUT2D eigenvalue weighted by Gasteiger charge is 2.50. The molecule has 1 heterocycles. The molecule has 2 aromatic rings. The Morgan fingerprint density at radius 1 is 1.27 bits per heavy atom. The molecule has 1 atom stereocenters. The molecule has 0 spiro atoms. The van der Waals surface area contributed by atoms with E-state index in [9.17, 15) is 19.1 Å². The lowest BCUT2D eigenvalue weighted by Gasteiger charge is -2.21. The van der Waals surface area contributed by atoms with Gasteiger partial charge in [-0.15, -0.1) is 0 Å². The Kier molecular flexibility index (Phi) is 5.12. The zero-order valence-electron chi connectivity index (χ0n) is 14.3. The van der Waals surface area contributed by atoms with Gasteiger partial charge in [-0.3, -0.25) is 9.59 Å². The van der Waals surface area contributed by atoms with Gasteiger partial charge >= 0.3 is 0 Å². The minimum atomic E-state index is -2.03. The van der Waals surface area contributed by atoms with Crippen molar-refractivity contribution < 1.29 is 19.1 Å². The van der Waals surface area contributed by atoms with Crippen LogP contribution in [-0.2, 0) is 16.0 Å². The molecular weight excluding hydrogens is 357 g/mol. The number of anilines is 1. The number of ketones is 1. The number of aliphatic hydroxyl groups is 1. The van der Waals surface area contributed by atoms with Gasteiger partial charge < -0.3 is 10.0 Å². The lowest BCUT2D eigenvalue weighted by Crippen LogP contribution is -2.47. The van der Waals surface area contributed by atoms with Crippen molar-refractivity contribution in [2.75, 3.05) is 11.4 Å². The van der Waals surface area contributed by atoms with Gasteiger partial charge in [-0.1, -0.05) is 29.3 Å². The average molecular weight is 376 g/mol. The lowest BCUT2D eigenvalue weighted by molar-refractivity contribution is -0.147. The quantitative estimate of drug-likeness (QED) is 0.814. The van der Waals surface area contributed by atoms with Gasteiger partial charge in [-0.25, -0.2) is 4.39 Å². The van der Waals surface area contributed by atoms with Crippen LogP contribution in [0.2, 0.25) is 5.02 Å². The predicted octanol–water partition coefficient (Wildman–Crippen LogP) is 3.46. The van der Waals surface area contributed by atoms with Crippen molar-refractivity contribution in [3.63, 3.8) is 0 Å². The third-order valence-corrected chi connectivity index (χ3v) is 4.88. The minimum Gasteiger partial charge on any atom is -0.373 e. The second kappa shape index (κ2) is 7.17. The van der Waals surface area contributed by atoms with E-state index >= 15 is 0 Å². The molecule has 1 aliphatic heterocycles. The molecule has 136 valence electrons. The zero-order valence-corrected chi connectivity index (χ0v) is 15.1. The molecule has 0 radical (unpaired) electrons. The van der Waals surface area contributed by atoms with Gasteiger partial charge in [-0.2, -0.15) is 0 Å². The Balaban J connectivity index is 1.70. The molecule has 2 aromatic carbocycles. The number of halogens is 2. The second-order valence-electron chi connectivity index (χ2n) is 6.60. The van der Waals surface area contributed by atoms with Crippen molar-refractivity contribution in [1.82, 2.24) is 0 Å². The third kappa shape index (κ3) is 3.64. The second-order valence-corrected chi connectivity index (χ2v) is 7.04. The van der Waals surface area contributed by atoms with Crippen molar-refractivity contribution in [1.29, 1.82) is 0 Å². The summed E-state index contributed by atoms with van der Waals surface area (Å²) in [5.74, 6) is -1.65. The number of amides is 1. The normalized spacial score (nSPS) is 19.8. The summed E-state index contributed by atoms with van der Waals surface area (Å²) in [6, 6.07) is 11.4. The molecule has 0 bridgehead atoms. The topological polar surface area (TPSA) is 57.6 Å². The molecule has 1 saturated heterocycles. The number of benzene rings is 2. The molecule has 3 rings (SSSR count). The average Bonchev–Trinajstić information content (AvgIpc) is 2.89. The first-order chi connectivity index (χ1) is 12.3. The molecule has 1 fully saturated rings. The summed E-state index contributed by atoms with van der Waals surface area (Å²) in [7, 11) is 0. The Hall–Kier alpha value is -2.24. The molecular formula is C20H19ClFNO3. The summed E-state index contributed by atoms with van der Waals surface area (Å²) in [4.78, 5) is 26.6. The van der Waals surface area contributed by atoms with Crippen LogP contribution in [0.25, 0.3) is 0 Å². The SMILES string of the molecule is Cc1ccc(N2CC[C@](O)(C(=O)CCc3cc(F)cc(Cl)c3)C2=O)cc1. The number of rotatable bonds is 5. The summed E-state index contributed by atoms with van der Waals surface area (Å²) in [5.41, 5.74) is 0.233. The summed E-state index contributed by atoms with van der Waals surface area (Å²) >= 11 is 5.81. The highest BCUT2D eigenvalue weighted by atomic mass is 35.5. The van der Waals surface area contributed by atoms with Crippen molar-refractivity contribution in [2.24, 2.45) is 0 Å². The highest BCUT2D eigenvalue weighted by Crippen LogP contribution is 2.30. The summed E-state index contributed by atoms with van der Waals surface area (Å²) in [6.07, 6.45) is 0.183. The number of carbonyl (C=O) groups is 2. The van der Waals surface area contributed by atoms with Crippen LogP contribution in [0.5, 0.6) is 0 Å². The Morgan fingerprint density at radius 2 is 1.96 bits per heavy atom.